The van der Waals surface area contributed by atoms with Crippen LogP contribution in [0.3, 0.4) is 0 Å². The Balaban J connectivity index is 1.71. The van der Waals surface area contributed by atoms with Gasteiger partial charge in [-0.25, -0.2) is 0 Å². The third-order valence-corrected chi connectivity index (χ3v) is 4.79. The maximum absolute atomic E-state index is 10.3. The molecule has 0 spiro atoms. The lowest BCUT2D eigenvalue weighted by Gasteiger charge is -2.46. The highest BCUT2D eigenvalue weighted by Gasteiger charge is 2.48. The Morgan fingerprint density at radius 2 is 1.90 bits per heavy atom. The first kappa shape index (κ1) is 15.3. The Kier molecular flexibility index (Phi) is 4.83. The van der Waals surface area contributed by atoms with Gasteiger partial charge in [-0.05, 0) is 5.75 Å². The van der Waals surface area contributed by atoms with E-state index in [9.17, 15) is 10.2 Å². The number of aliphatic hydroxyl groups is 2. The third kappa shape index (κ3) is 3.11. The van der Waals surface area contributed by atoms with Gasteiger partial charge in [0.05, 0.1) is 6.61 Å². The molecule has 3 unspecified atom stereocenters. The van der Waals surface area contributed by atoms with Crippen LogP contribution in [0.1, 0.15) is 18.8 Å². The van der Waals surface area contributed by atoms with Crippen LogP contribution in [0, 0.1) is 0 Å². The van der Waals surface area contributed by atoms with Crippen molar-refractivity contribution in [2.24, 2.45) is 0 Å². The summed E-state index contributed by atoms with van der Waals surface area (Å²) in [7, 11) is 0. The van der Waals surface area contributed by atoms with Crippen LogP contribution in [-0.4, -0.2) is 52.4 Å². The summed E-state index contributed by atoms with van der Waals surface area (Å²) in [6, 6.07) is 9.56. The van der Waals surface area contributed by atoms with Crippen molar-refractivity contribution < 1.29 is 24.4 Å². The Labute approximate surface area is 128 Å². The van der Waals surface area contributed by atoms with Gasteiger partial charge in [0, 0.05) is 5.56 Å². The summed E-state index contributed by atoms with van der Waals surface area (Å²) in [5.74, 6) is 0.806. The zero-order chi connectivity index (χ0) is 14.8. The van der Waals surface area contributed by atoms with E-state index >= 15 is 0 Å². The molecule has 2 N–H and O–H groups in total. The van der Waals surface area contributed by atoms with Crippen molar-refractivity contribution in [2.45, 2.75) is 43.1 Å². The topological polar surface area (TPSA) is 68.2 Å². The van der Waals surface area contributed by atoms with E-state index in [-0.39, 0.29) is 6.10 Å². The SMILES string of the molecule is CCS[C@@H]1OC2COC(c3ccccc3)O[C@@H]2[C@H](O)C1O. The molecular weight excluding hydrogens is 292 g/mol. The average molecular weight is 312 g/mol. The molecule has 2 fully saturated rings. The second-order valence-electron chi connectivity index (χ2n) is 5.16. The first-order valence-electron chi connectivity index (χ1n) is 7.16. The van der Waals surface area contributed by atoms with Crippen molar-refractivity contribution in [3.63, 3.8) is 0 Å². The minimum Gasteiger partial charge on any atom is -0.387 e. The van der Waals surface area contributed by atoms with Crippen molar-refractivity contribution in [2.75, 3.05) is 12.4 Å². The number of hydrogen-bond donors (Lipinski definition) is 2. The predicted molar refractivity (Wildman–Crippen MR) is 78.8 cm³/mol. The van der Waals surface area contributed by atoms with E-state index in [0.717, 1.165) is 11.3 Å². The summed E-state index contributed by atoms with van der Waals surface area (Å²) in [6.07, 6.45) is -3.39. The molecule has 0 aromatic heterocycles. The minimum atomic E-state index is -0.970. The number of benzene rings is 1. The summed E-state index contributed by atoms with van der Waals surface area (Å²) < 4.78 is 17.3. The summed E-state index contributed by atoms with van der Waals surface area (Å²) in [4.78, 5) is 0. The van der Waals surface area contributed by atoms with Gasteiger partial charge in [0.25, 0.3) is 0 Å². The van der Waals surface area contributed by atoms with E-state index in [1.165, 1.54) is 11.8 Å². The molecule has 6 atom stereocenters. The number of thioether (sulfide) groups is 1. The number of rotatable bonds is 3. The standard InChI is InChI=1S/C15H20O5S/c1-2-21-15-12(17)11(16)13-10(19-15)8-18-14(20-13)9-6-4-3-5-7-9/h3-7,10-17H,2,8H2,1H3/t10?,11-,12?,13+,14?,15+/m1/s1. The fourth-order valence-electron chi connectivity index (χ4n) is 2.66. The van der Waals surface area contributed by atoms with E-state index < -0.39 is 30.0 Å². The first-order chi connectivity index (χ1) is 10.2. The number of hydrogen-bond acceptors (Lipinski definition) is 6. The van der Waals surface area contributed by atoms with Crippen LogP contribution in [0.4, 0.5) is 0 Å². The monoisotopic (exact) mass is 312 g/mol. The lowest BCUT2D eigenvalue weighted by atomic mass is 9.99. The van der Waals surface area contributed by atoms with E-state index in [1.54, 1.807) is 0 Å². The van der Waals surface area contributed by atoms with Crippen molar-refractivity contribution in [1.29, 1.82) is 0 Å². The van der Waals surface area contributed by atoms with Gasteiger partial charge in [-0.3, -0.25) is 0 Å². The first-order valence-corrected chi connectivity index (χ1v) is 8.20. The maximum Gasteiger partial charge on any atom is 0.184 e. The van der Waals surface area contributed by atoms with Gasteiger partial charge in [0.15, 0.2) is 6.29 Å². The van der Waals surface area contributed by atoms with E-state index in [4.69, 9.17) is 14.2 Å². The molecule has 1 aromatic rings. The molecule has 5 nitrogen and oxygen atoms in total. The van der Waals surface area contributed by atoms with Crippen LogP contribution in [0.5, 0.6) is 0 Å². The zero-order valence-electron chi connectivity index (χ0n) is 11.8. The molecule has 1 aromatic carbocycles. The van der Waals surface area contributed by atoms with Crippen molar-refractivity contribution in [3.8, 4) is 0 Å². The molecule has 6 heteroatoms. The smallest absolute Gasteiger partial charge is 0.184 e. The van der Waals surface area contributed by atoms with Gasteiger partial charge < -0.3 is 24.4 Å². The van der Waals surface area contributed by atoms with Gasteiger partial charge in [-0.15, -0.1) is 11.8 Å². The van der Waals surface area contributed by atoms with Gasteiger partial charge in [0.1, 0.15) is 29.9 Å². The molecule has 0 amide bonds. The molecule has 2 aliphatic heterocycles. The van der Waals surface area contributed by atoms with Crippen molar-refractivity contribution in [1.82, 2.24) is 0 Å². The lowest BCUT2D eigenvalue weighted by molar-refractivity contribution is -0.318. The molecule has 21 heavy (non-hydrogen) atoms. The number of fused-ring (bicyclic) bond motifs is 1. The zero-order valence-corrected chi connectivity index (χ0v) is 12.6. The molecule has 2 heterocycles. The second kappa shape index (κ2) is 6.64. The fraction of sp³-hybridized carbons (Fsp3) is 0.600. The normalized spacial score (nSPS) is 39.8. The molecule has 0 radical (unpaired) electrons. The van der Waals surface area contributed by atoms with Gasteiger partial charge >= 0.3 is 0 Å². The largest absolute Gasteiger partial charge is 0.387 e. The second-order valence-corrected chi connectivity index (χ2v) is 6.53. The molecule has 0 saturated carbocycles. The Bertz CT molecular complexity index is 455. The van der Waals surface area contributed by atoms with Gasteiger partial charge in [0.2, 0.25) is 0 Å². The summed E-state index contributed by atoms with van der Waals surface area (Å²) in [5, 5.41) is 20.5. The number of ether oxygens (including phenoxy) is 3. The Morgan fingerprint density at radius 1 is 1.14 bits per heavy atom. The Hall–Kier alpha value is -0.630. The van der Waals surface area contributed by atoms with E-state index in [2.05, 4.69) is 0 Å². The lowest BCUT2D eigenvalue weighted by Crippen LogP contribution is -2.60. The molecule has 3 rings (SSSR count). The molecular formula is C15H20O5S. The minimum absolute atomic E-state index is 0.342. The van der Waals surface area contributed by atoms with Crippen LogP contribution in [0.2, 0.25) is 0 Å². The fourth-order valence-corrected chi connectivity index (χ4v) is 3.57. The predicted octanol–water partition coefficient (Wildman–Crippen LogP) is 1.30. The van der Waals surface area contributed by atoms with Crippen molar-refractivity contribution >= 4 is 11.8 Å². The van der Waals surface area contributed by atoms with Crippen LogP contribution < -0.4 is 0 Å². The highest BCUT2D eigenvalue weighted by molar-refractivity contribution is 7.99. The summed E-state index contributed by atoms with van der Waals surface area (Å²) in [6.45, 7) is 2.33. The third-order valence-electron chi connectivity index (χ3n) is 3.74. The quantitative estimate of drug-likeness (QED) is 0.877. The molecule has 2 aliphatic rings. The molecule has 116 valence electrons. The average Bonchev–Trinajstić information content (AvgIpc) is 2.53. The molecule has 0 bridgehead atoms. The van der Waals surface area contributed by atoms with E-state index in [0.29, 0.717) is 6.61 Å². The summed E-state index contributed by atoms with van der Waals surface area (Å²) in [5.41, 5.74) is 0.453. The maximum atomic E-state index is 10.3. The van der Waals surface area contributed by atoms with E-state index in [1.807, 2.05) is 37.3 Å². The van der Waals surface area contributed by atoms with Crippen LogP contribution in [-0.2, 0) is 14.2 Å². The summed E-state index contributed by atoms with van der Waals surface area (Å²) >= 11 is 1.47. The number of aliphatic hydroxyl groups excluding tert-OH is 2. The molecule has 2 saturated heterocycles. The van der Waals surface area contributed by atoms with Gasteiger partial charge in [-0.2, -0.15) is 0 Å². The Morgan fingerprint density at radius 3 is 2.62 bits per heavy atom. The highest BCUT2D eigenvalue weighted by Crippen LogP contribution is 2.36. The van der Waals surface area contributed by atoms with Crippen LogP contribution in [0.15, 0.2) is 30.3 Å². The molecule has 0 aliphatic carbocycles. The van der Waals surface area contributed by atoms with Crippen molar-refractivity contribution in [3.05, 3.63) is 35.9 Å². The van der Waals surface area contributed by atoms with Crippen LogP contribution in [0.25, 0.3) is 0 Å². The van der Waals surface area contributed by atoms with Gasteiger partial charge in [-0.1, -0.05) is 37.3 Å². The van der Waals surface area contributed by atoms with Crippen LogP contribution >= 0.6 is 11.8 Å². The highest BCUT2D eigenvalue weighted by atomic mass is 32.2.